The zero-order valence-corrected chi connectivity index (χ0v) is 17.9. The lowest BCUT2D eigenvalue weighted by Gasteiger charge is -2.32. The number of pyridine rings is 1. The van der Waals surface area contributed by atoms with Crippen LogP contribution in [0, 0.1) is 0 Å². The van der Waals surface area contributed by atoms with Gasteiger partial charge in [-0.25, -0.2) is 9.67 Å². The number of fused-ring (bicyclic) bond motifs is 1. The molecule has 30 heavy (non-hydrogen) atoms. The van der Waals surface area contributed by atoms with Crippen LogP contribution in [-0.4, -0.2) is 56.0 Å². The Morgan fingerprint density at radius 2 is 2.03 bits per heavy atom. The first-order valence-corrected chi connectivity index (χ1v) is 11.2. The summed E-state index contributed by atoms with van der Waals surface area (Å²) in [6, 6.07) is 0.304. The number of rotatable bonds is 4. The van der Waals surface area contributed by atoms with Crippen LogP contribution >= 0.6 is 0 Å². The highest BCUT2D eigenvalue weighted by molar-refractivity contribution is 6.10. The molecule has 0 bridgehead atoms. The van der Waals surface area contributed by atoms with E-state index in [1.165, 1.54) is 12.8 Å². The van der Waals surface area contributed by atoms with Crippen LogP contribution < -0.4 is 5.32 Å². The largest absolute Gasteiger partial charge is 0.389 e. The summed E-state index contributed by atoms with van der Waals surface area (Å²) in [5, 5.41) is 13.9. The Morgan fingerprint density at radius 3 is 2.73 bits per heavy atom. The summed E-state index contributed by atoms with van der Waals surface area (Å²) in [5.74, 6) is 0.156. The Kier molecular flexibility index (Phi) is 4.87. The molecule has 1 amide bonds. The van der Waals surface area contributed by atoms with Gasteiger partial charge in [-0.15, -0.1) is 0 Å². The molecule has 0 atom stereocenters. The van der Waals surface area contributed by atoms with Crippen molar-refractivity contribution < 1.29 is 9.63 Å². The number of carbonyl (C=O) groups is 1. The van der Waals surface area contributed by atoms with Crippen LogP contribution in [0.15, 0.2) is 17.5 Å². The average molecular weight is 411 g/mol. The summed E-state index contributed by atoms with van der Waals surface area (Å²) in [5.41, 5.74) is 3.84. The molecule has 8 nitrogen and oxygen atoms in total. The summed E-state index contributed by atoms with van der Waals surface area (Å²) < 4.78 is 1.92. The third-order valence-corrected chi connectivity index (χ3v) is 6.92. The minimum absolute atomic E-state index is 0.109. The minimum Gasteiger partial charge on any atom is -0.389 e. The van der Waals surface area contributed by atoms with E-state index < -0.39 is 0 Å². The van der Waals surface area contributed by atoms with Crippen molar-refractivity contribution in [2.75, 3.05) is 18.4 Å². The van der Waals surface area contributed by atoms with E-state index in [1.54, 1.807) is 6.92 Å². The highest BCUT2D eigenvalue weighted by Crippen LogP contribution is 2.42. The molecule has 1 N–H and O–H groups in total. The number of carbonyl (C=O) groups excluding carboxylic acids is 1. The van der Waals surface area contributed by atoms with Gasteiger partial charge in [-0.1, -0.05) is 5.16 Å². The van der Waals surface area contributed by atoms with Crippen molar-refractivity contribution in [3.63, 3.8) is 0 Å². The van der Waals surface area contributed by atoms with E-state index in [0.717, 1.165) is 79.7 Å². The zero-order valence-electron chi connectivity index (χ0n) is 17.9. The number of aromatic nitrogens is 3. The molecule has 1 saturated heterocycles. The number of likely N-dealkylation sites (tertiary alicyclic amines) is 1. The lowest BCUT2D eigenvalue weighted by Crippen LogP contribution is -2.41. The first-order chi connectivity index (χ1) is 14.6. The predicted molar refractivity (Wildman–Crippen MR) is 116 cm³/mol. The second-order valence-electron chi connectivity index (χ2n) is 8.87. The number of anilines is 1. The number of nitrogens with one attached hydrogen (secondary N) is 1. The first-order valence-electron chi connectivity index (χ1n) is 11.2. The van der Waals surface area contributed by atoms with Crippen molar-refractivity contribution in [3.05, 3.63) is 18.0 Å². The van der Waals surface area contributed by atoms with Gasteiger partial charge in [-0.3, -0.25) is 4.79 Å². The number of hydrogen-bond acceptors (Lipinski definition) is 6. The fourth-order valence-corrected chi connectivity index (χ4v) is 5.13. The molecular weight excluding hydrogens is 380 g/mol. The molecule has 3 aliphatic rings. The molecule has 2 fully saturated rings. The molecule has 2 aromatic heterocycles. The Labute approximate surface area is 176 Å². The van der Waals surface area contributed by atoms with Crippen LogP contribution in [0.4, 0.5) is 5.69 Å². The highest BCUT2D eigenvalue weighted by atomic mass is 16.7. The summed E-state index contributed by atoms with van der Waals surface area (Å²) in [6.45, 7) is 6.08. The van der Waals surface area contributed by atoms with Gasteiger partial charge in [0.15, 0.2) is 5.65 Å². The predicted octanol–water partition coefficient (Wildman–Crippen LogP) is 3.31. The standard InChI is InChI=1S/C22H30N6O2/c1-3-28-21-18(14-24-28)20(25-16-6-10-27(11-7-16)15(2)29)17(13-23-21)19-12-22(30-26-19)8-4-5-9-22/h13-14,16H,3-12H2,1-2H3,(H,23,25). The molecule has 1 saturated carbocycles. The van der Waals surface area contributed by atoms with Crippen LogP contribution in [0.1, 0.15) is 64.4 Å². The third-order valence-electron chi connectivity index (χ3n) is 6.92. The minimum atomic E-state index is -0.109. The SMILES string of the molecule is CCn1ncc2c(NC3CCN(C(C)=O)CC3)c(C3=NOC4(CCCC4)C3)cnc21. The fraction of sp³-hybridized carbons (Fsp3) is 0.636. The number of piperidine rings is 1. The monoisotopic (exact) mass is 410 g/mol. The molecule has 0 aromatic carbocycles. The van der Waals surface area contributed by atoms with Gasteiger partial charge < -0.3 is 15.1 Å². The zero-order chi connectivity index (χ0) is 20.7. The molecule has 0 radical (unpaired) electrons. The van der Waals surface area contributed by atoms with Gasteiger partial charge in [-0.2, -0.15) is 5.10 Å². The van der Waals surface area contributed by atoms with E-state index in [9.17, 15) is 4.79 Å². The van der Waals surface area contributed by atoms with Gasteiger partial charge in [-0.05, 0) is 45.4 Å². The van der Waals surface area contributed by atoms with Gasteiger partial charge in [0.25, 0.3) is 0 Å². The van der Waals surface area contributed by atoms with E-state index in [0.29, 0.717) is 6.04 Å². The summed E-state index contributed by atoms with van der Waals surface area (Å²) in [4.78, 5) is 24.3. The van der Waals surface area contributed by atoms with Gasteiger partial charge in [0.05, 0.1) is 23.0 Å². The molecule has 1 aliphatic carbocycles. The highest BCUT2D eigenvalue weighted by Gasteiger charge is 2.42. The molecule has 5 rings (SSSR count). The van der Waals surface area contributed by atoms with Crippen molar-refractivity contribution >= 4 is 28.3 Å². The summed E-state index contributed by atoms with van der Waals surface area (Å²) in [7, 11) is 0. The molecule has 160 valence electrons. The van der Waals surface area contributed by atoms with Crippen LogP contribution in [0.3, 0.4) is 0 Å². The second kappa shape index (κ2) is 7.56. The topological polar surface area (TPSA) is 84.6 Å². The molecule has 4 heterocycles. The number of amides is 1. The van der Waals surface area contributed by atoms with Crippen molar-refractivity contribution in [1.29, 1.82) is 0 Å². The first kappa shape index (κ1) is 19.3. The quantitative estimate of drug-likeness (QED) is 0.836. The molecule has 2 aromatic rings. The lowest BCUT2D eigenvalue weighted by molar-refractivity contribution is -0.129. The Hall–Kier alpha value is -2.64. The fourth-order valence-electron chi connectivity index (χ4n) is 5.13. The number of hydrogen-bond donors (Lipinski definition) is 1. The summed E-state index contributed by atoms with van der Waals surface area (Å²) >= 11 is 0. The van der Waals surface area contributed by atoms with E-state index >= 15 is 0 Å². The van der Waals surface area contributed by atoms with Crippen LogP contribution in [0.25, 0.3) is 11.0 Å². The Balaban J connectivity index is 1.46. The maximum atomic E-state index is 11.7. The second-order valence-corrected chi connectivity index (χ2v) is 8.87. The molecule has 8 heteroatoms. The number of nitrogens with zero attached hydrogens (tertiary/aromatic N) is 5. The van der Waals surface area contributed by atoms with E-state index in [1.807, 2.05) is 22.0 Å². The smallest absolute Gasteiger partial charge is 0.219 e. The van der Waals surface area contributed by atoms with E-state index in [-0.39, 0.29) is 11.5 Å². The van der Waals surface area contributed by atoms with Crippen LogP contribution in [-0.2, 0) is 16.2 Å². The van der Waals surface area contributed by atoms with Crippen molar-refractivity contribution in [2.24, 2.45) is 5.16 Å². The van der Waals surface area contributed by atoms with E-state index in [2.05, 4.69) is 22.5 Å². The van der Waals surface area contributed by atoms with E-state index in [4.69, 9.17) is 9.82 Å². The third kappa shape index (κ3) is 3.32. The Morgan fingerprint density at radius 1 is 1.27 bits per heavy atom. The normalized spacial score (nSPS) is 21.3. The van der Waals surface area contributed by atoms with Crippen molar-refractivity contribution in [1.82, 2.24) is 19.7 Å². The maximum absolute atomic E-state index is 11.7. The van der Waals surface area contributed by atoms with Gasteiger partial charge >= 0.3 is 0 Å². The maximum Gasteiger partial charge on any atom is 0.219 e. The number of oxime groups is 1. The van der Waals surface area contributed by atoms with Crippen molar-refractivity contribution in [2.45, 2.75) is 77.0 Å². The molecular formula is C22H30N6O2. The lowest BCUT2D eigenvalue weighted by atomic mass is 9.92. The summed E-state index contributed by atoms with van der Waals surface area (Å²) in [6.07, 6.45) is 11.1. The van der Waals surface area contributed by atoms with Crippen molar-refractivity contribution in [3.8, 4) is 0 Å². The molecule has 2 aliphatic heterocycles. The van der Waals surface area contributed by atoms with Gasteiger partial charge in [0.1, 0.15) is 5.60 Å². The molecule has 0 unspecified atom stereocenters. The van der Waals surface area contributed by atoms with Gasteiger partial charge in [0, 0.05) is 50.8 Å². The number of aryl methyl sites for hydroxylation is 1. The van der Waals surface area contributed by atoms with Gasteiger partial charge in [0.2, 0.25) is 5.91 Å². The molecule has 1 spiro atoms. The average Bonchev–Trinajstić information content (AvgIpc) is 3.49. The Bertz CT molecular complexity index is 983. The van der Waals surface area contributed by atoms with Crippen LogP contribution in [0.2, 0.25) is 0 Å². The van der Waals surface area contributed by atoms with Crippen LogP contribution in [0.5, 0.6) is 0 Å².